The fraction of sp³-hybridized carbons (Fsp3) is 0.500. The maximum absolute atomic E-state index is 12.0. The number of ether oxygens (including phenoxy) is 1. The third-order valence-electron chi connectivity index (χ3n) is 3.62. The summed E-state index contributed by atoms with van der Waals surface area (Å²) in [5.74, 6) is -0.105. The molecule has 1 aromatic carbocycles. The molecule has 0 unspecified atom stereocenters. The van der Waals surface area contributed by atoms with Crippen molar-refractivity contribution in [2.45, 2.75) is 33.6 Å². The zero-order valence-electron chi connectivity index (χ0n) is 14.8. The normalized spacial score (nSPS) is 10.4. The summed E-state index contributed by atoms with van der Waals surface area (Å²) >= 11 is 0. The number of rotatable bonds is 8. The summed E-state index contributed by atoms with van der Waals surface area (Å²) in [6.07, 6.45) is 1.15. The minimum absolute atomic E-state index is 0.0223. The summed E-state index contributed by atoms with van der Waals surface area (Å²) in [6.45, 7) is 6.78. The summed E-state index contributed by atoms with van der Waals surface area (Å²) in [5.41, 5.74) is 1.02. The van der Waals surface area contributed by atoms with Crippen molar-refractivity contribution in [3.8, 4) is 0 Å². The number of amides is 2. The Kier molecular flexibility index (Phi) is 7.95. The largest absolute Gasteiger partial charge is 0.465 e. The van der Waals surface area contributed by atoms with E-state index in [0.717, 1.165) is 6.42 Å². The van der Waals surface area contributed by atoms with Gasteiger partial charge in [0.2, 0.25) is 11.8 Å². The van der Waals surface area contributed by atoms with Gasteiger partial charge in [0.25, 0.3) is 0 Å². The summed E-state index contributed by atoms with van der Waals surface area (Å²) in [5, 5.41) is 2.76. The molecule has 0 saturated carbocycles. The molecule has 6 nitrogen and oxygen atoms in total. The highest BCUT2D eigenvalue weighted by atomic mass is 16.5. The number of hydrogen-bond acceptors (Lipinski definition) is 4. The summed E-state index contributed by atoms with van der Waals surface area (Å²) < 4.78 is 4.62. The fourth-order valence-corrected chi connectivity index (χ4v) is 2.11. The number of esters is 1. The number of anilines is 1. The molecule has 6 heteroatoms. The van der Waals surface area contributed by atoms with Gasteiger partial charge >= 0.3 is 5.97 Å². The van der Waals surface area contributed by atoms with Gasteiger partial charge < -0.3 is 15.0 Å². The first-order valence-electron chi connectivity index (χ1n) is 8.07. The molecule has 0 aliphatic carbocycles. The van der Waals surface area contributed by atoms with E-state index < -0.39 is 5.97 Å². The summed E-state index contributed by atoms with van der Waals surface area (Å²) in [6, 6.07) is 6.47. The van der Waals surface area contributed by atoms with E-state index in [-0.39, 0.29) is 18.2 Å². The van der Waals surface area contributed by atoms with Crippen molar-refractivity contribution in [3.05, 3.63) is 29.8 Å². The van der Waals surface area contributed by atoms with E-state index in [1.807, 2.05) is 0 Å². The molecule has 0 saturated heterocycles. The molecular weight excluding hydrogens is 308 g/mol. The van der Waals surface area contributed by atoms with Gasteiger partial charge in [0, 0.05) is 32.1 Å². The van der Waals surface area contributed by atoms with E-state index in [1.165, 1.54) is 14.0 Å². The highest BCUT2D eigenvalue weighted by Crippen LogP contribution is 2.11. The molecule has 0 aliphatic rings. The minimum Gasteiger partial charge on any atom is -0.465 e. The Balaban J connectivity index is 2.49. The van der Waals surface area contributed by atoms with Gasteiger partial charge in [-0.3, -0.25) is 9.59 Å². The molecule has 0 fully saturated rings. The number of methoxy groups -OCH3 is 1. The van der Waals surface area contributed by atoms with E-state index in [0.29, 0.717) is 30.3 Å². The van der Waals surface area contributed by atoms with Gasteiger partial charge in [-0.15, -0.1) is 0 Å². The van der Waals surface area contributed by atoms with E-state index in [1.54, 1.807) is 29.2 Å². The first-order chi connectivity index (χ1) is 11.3. The van der Waals surface area contributed by atoms with Crippen LogP contribution in [-0.4, -0.2) is 42.9 Å². The Morgan fingerprint density at radius 3 is 2.25 bits per heavy atom. The Labute approximate surface area is 143 Å². The molecular formula is C18H26N2O4. The maximum Gasteiger partial charge on any atom is 0.337 e. The van der Waals surface area contributed by atoms with Gasteiger partial charge in [0.15, 0.2) is 0 Å². The van der Waals surface area contributed by atoms with E-state index in [2.05, 4.69) is 23.9 Å². The van der Waals surface area contributed by atoms with Crippen LogP contribution in [0, 0.1) is 5.92 Å². The topological polar surface area (TPSA) is 75.7 Å². The van der Waals surface area contributed by atoms with Crippen LogP contribution in [0.2, 0.25) is 0 Å². The zero-order chi connectivity index (χ0) is 18.1. The molecule has 0 bridgehead atoms. The van der Waals surface area contributed by atoms with Gasteiger partial charge in [-0.05, 0) is 36.6 Å². The highest BCUT2D eigenvalue weighted by Gasteiger charge is 2.12. The number of nitrogens with zero attached hydrogens (tertiary/aromatic N) is 1. The van der Waals surface area contributed by atoms with Crippen molar-refractivity contribution in [2.75, 3.05) is 25.5 Å². The number of hydrogen-bond donors (Lipinski definition) is 1. The highest BCUT2D eigenvalue weighted by molar-refractivity contribution is 5.93. The maximum atomic E-state index is 12.0. The van der Waals surface area contributed by atoms with Crippen LogP contribution < -0.4 is 5.32 Å². The van der Waals surface area contributed by atoms with Crippen LogP contribution in [0.25, 0.3) is 0 Å². The molecule has 24 heavy (non-hydrogen) atoms. The second-order valence-corrected chi connectivity index (χ2v) is 6.06. The zero-order valence-corrected chi connectivity index (χ0v) is 14.8. The first-order valence-corrected chi connectivity index (χ1v) is 8.07. The van der Waals surface area contributed by atoms with Crippen LogP contribution in [0.4, 0.5) is 5.69 Å². The van der Waals surface area contributed by atoms with E-state index in [4.69, 9.17) is 0 Å². The van der Waals surface area contributed by atoms with Crippen LogP contribution in [0.3, 0.4) is 0 Å². The third kappa shape index (κ3) is 6.81. The smallest absolute Gasteiger partial charge is 0.337 e. The summed E-state index contributed by atoms with van der Waals surface area (Å²) in [7, 11) is 1.32. The van der Waals surface area contributed by atoms with Gasteiger partial charge in [0.05, 0.1) is 12.7 Å². The molecule has 1 N–H and O–H groups in total. The molecule has 0 heterocycles. The van der Waals surface area contributed by atoms with Crippen LogP contribution in [0.15, 0.2) is 24.3 Å². The number of benzene rings is 1. The molecule has 0 atom stereocenters. The molecule has 0 aliphatic heterocycles. The molecule has 0 aromatic heterocycles. The van der Waals surface area contributed by atoms with Gasteiger partial charge in [-0.25, -0.2) is 4.79 Å². The Hall–Kier alpha value is -2.37. The van der Waals surface area contributed by atoms with Crippen LogP contribution in [0.5, 0.6) is 0 Å². The molecule has 0 spiro atoms. The molecule has 132 valence electrons. The number of nitrogens with one attached hydrogen (secondary N) is 1. The second-order valence-electron chi connectivity index (χ2n) is 6.06. The quantitative estimate of drug-likeness (QED) is 0.742. The summed E-state index contributed by atoms with van der Waals surface area (Å²) in [4.78, 5) is 36.7. The average molecular weight is 334 g/mol. The lowest BCUT2D eigenvalue weighted by molar-refractivity contribution is -0.129. The third-order valence-corrected chi connectivity index (χ3v) is 3.62. The van der Waals surface area contributed by atoms with E-state index >= 15 is 0 Å². The van der Waals surface area contributed by atoms with Gasteiger partial charge in [-0.1, -0.05) is 13.8 Å². The number of carbonyl (C=O) groups is 3. The monoisotopic (exact) mass is 334 g/mol. The predicted octanol–water partition coefficient (Wildman–Crippen LogP) is 2.70. The molecule has 2 amide bonds. The standard InChI is InChI=1S/C18H26N2O4/c1-13(2)9-11-20(14(3)21)12-10-17(22)19-16-7-5-15(6-8-16)18(23)24-4/h5-8,13H,9-12H2,1-4H3,(H,19,22). The lowest BCUT2D eigenvalue weighted by Gasteiger charge is -2.21. The average Bonchev–Trinajstić information content (AvgIpc) is 2.54. The van der Waals surface area contributed by atoms with Gasteiger partial charge in [0.1, 0.15) is 0 Å². The van der Waals surface area contributed by atoms with Crippen molar-refractivity contribution in [3.63, 3.8) is 0 Å². The van der Waals surface area contributed by atoms with Crippen molar-refractivity contribution in [1.82, 2.24) is 4.90 Å². The van der Waals surface area contributed by atoms with Crippen molar-refractivity contribution < 1.29 is 19.1 Å². The first kappa shape index (κ1) is 19.7. The lowest BCUT2D eigenvalue weighted by Crippen LogP contribution is -2.33. The Morgan fingerprint density at radius 1 is 1.12 bits per heavy atom. The van der Waals surface area contributed by atoms with Crippen LogP contribution >= 0.6 is 0 Å². The van der Waals surface area contributed by atoms with E-state index in [9.17, 15) is 14.4 Å². The number of carbonyl (C=O) groups excluding carboxylic acids is 3. The fourth-order valence-electron chi connectivity index (χ4n) is 2.11. The van der Waals surface area contributed by atoms with Crippen molar-refractivity contribution >= 4 is 23.5 Å². The predicted molar refractivity (Wildman–Crippen MR) is 92.7 cm³/mol. The molecule has 1 rings (SSSR count). The lowest BCUT2D eigenvalue weighted by atomic mass is 10.1. The van der Waals surface area contributed by atoms with Crippen molar-refractivity contribution in [2.24, 2.45) is 5.92 Å². The second kappa shape index (κ2) is 9.70. The Morgan fingerprint density at radius 2 is 1.75 bits per heavy atom. The van der Waals surface area contributed by atoms with Crippen molar-refractivity contribution in [1.29, 1.82) is 0 Å². The Bertz CT molecular complexity index is 567. The van der Waals surface area contributed by atoms with Gasteiger partial charge in [-0.2, -0.15) is 0 Å². The molecule has 0 radical (unpaired) electrons. The minimum atomic E-state index is -0.421. The van der Waals surface area contributed by atoms with Crippen LogP contribution in [-0.2, 0) is 14.3 Å². The molecule has 1 aromatic rings. The van der Waals surface area contributed by atoms with Crippen LogP contribution in [0.1, 0.15) is 44.0 Å². The SMILES string of the molecule is COC(=O)c1ccc(NC(=O)CCN(CCC(C)C)C(C)=O)cc1.